The van der Waals surface area contributed by atoms with E-state index in [4.69, 9.17) is 0 Å². The number of hydrogen-bond acceptors (Lipinski definition) is 2. The maximum absolute atomic E-state index is 13.1. The van der Waals surface area contributed by atoms with Crippen LogP contribution in [-0.4, -0.2) is 30.6 Å². The lowest BCUT2D eigenvalue weighted by Gasteiger charge is -2.31. The second-order valence-electron chi connectivity index (χ2n) is 5.82. The number of nitrogens with zero attached hydrogens (tertiary/aromatic N) is 1. The molecule has 112 valence electrons. The van der Waals surface area contributed by atoms with Gasteiger partial charge in [-0.25, -0.2) is 4.39 Å². The van der Waals surface area contributed by atoms with Crippen LogP contribution in [0.2, 0.25) is 0 Å². The van der Waals surface area contributed by atoms with Crippen molar-refractivity contribution in [1.82, 2.24) is 10.2 Å². The number of nitrogens with one attached hydrogen (secondary N) is 1. The van der Waals surface area contributed by atoms with Crippen molar-refractivity contribution in [2.75, 3.05) is 19.6 Å². The van der Waals surface area contributed by atoms with E-state index in [-0.39, 0.29) is 11.9 Å². The molecule has 1 N–H and O–H groups in total. The molecule has 1 fully saturated rings. The average molecular weight is 343 g/mol. The SMILES string of the molecule is CC(CN1CCCCC1)NC(C)c1ccc(F)cc1Br. The summed E-state index contributed by atoms with van der Waals surface area (Å²) >= 11 is 3.45. The zero-order valence-electron chi connectivity index (χ0n) is 12.3. The van der Waals surface area contributed by atoms with Crippen molar-refractivity contribution in [2.45, 2.75) is 45.2 Å². The van der Waals surface area contributed by atoms with Gasteiger partial charge in [-0.2, -0.15) is 0 Å². The van der Waals surface area contributed by atoms with Crippen molar-refractivity contribution in [1.29, 1.82) is 0 Å². The van der Waals surface area contributed by atoms with Crippen molar-refractivity contribution in [2.24, 2.45) is 0 Å². The summed E-state index contributed by atoms with van der Waals surface area (Å²) in [7, 11) is 0. The molecule has 20 heavy (non-hydrogen) atoms. The summed E-state index contributed by atoms with van der Waals surface area (Å²) in [5.74, 6) is -0.200. The Morgan fingerprint density at radius 1 is 1.25 bits per heavy atom. The van der Waals surface area contributed by atoms with Gasteiger partial charge in [-0.15, -0.1) is 0 Å². The van der Waals surface area contributed by atoms with Crippen LogP contribution in [0, 0.1) is 5.82 Å². The van der Waals surface area contributed by atoms with E-state index < -0.39 is 0 Å². The Bertz CT molecular complexity index is 432. The quantitative estimate of drug-likeness (QED) is 0.865. The summed E-state index contributed by atoms with van der Waals surface area (Å²) in [5.41, 5.74) is 1.11. The van der Waals surface area contributed by atoms with Crippen LogP contribution in [0.15, 0.2) is 22.7 Å². The van der Waals surface area contributed by atoms with Gasteiger partial charge < -0.3 is 10.2 Å². The first-order valence-electron chi connectivity index (χ1n) is 7.49. The molecule has 0 saturated carbocycles. The fraction of sp³-hybridized carbons (Fsp3) is 0.625. The molecule has 2 rings (SSSR count). The zero-order valence-corrected chi connectivity index (χ0v) is 13.9. The summed E-state index contributed by atoms with van der Waals surface area (Å²) in [6, 6.07) is 5.55. The molecule has 0 aromatic heterocycles. The molecule has 1 aliphatic rings. The third-order valence-corrected chi connectivity index (χ3v) is 4.63. The van der Waals surface area contributed by atoms with Gasteiger partial charge in [0.2, 0.25) is 0 Å². The normalized spacial score (nSPS) is 19.8. The second-order valence-corrected chi connectivity index (χ2v) is 6.67. The Labute approximate surface area is 129 Å². The molecule has 0 radical (unpaired) electrons. The molecule has 1 heterocycles. The van der Waals surface area contributed by atoms with Gasteiger partial charge in [0.25, 0.3) is 0 Å². The van der Waals surface area contributed by atoms with Crippen LogP contribution < -0.4 is 5.32 Å². The molecule has 0 aliphatic carbocycles. The lowest BCUT2D eigenvalue weighted by molar-refractivity contribution is 0.205. The Kier molecular flexibility index (Phi) is 6.00. The summed E-state index contributed by atoms with van der Waals surface area (Å²) in [5, 5.41) is 3.61. The maximum Gasteiger partial charge on any atom is 0.124 e. The van der Waals surface area contributed by atoms with Crippen LogP contribution >= 0.6 is 15.9 Å². The predicted molar refractivity (Wildman–Crippen MR) is 85.4 cm³/mol. The third kappa shape index (κ3) is 4.54. The molecule has 1 aromatic carbocycles. The number of rotatable bonds is 5. The van der Waals surface area contributed by atoms with Crippen LogP contribution in [0.4, 0.5) is 4.39 Å². The summed E-state index contributed by atoms with van der Waals surface area (Å²) in [4.78, 5) is 2.54. The molecule has 1 aliphatic heterocycles. The first-order chi connectivity index (χ1) is 9.56. The molecule has 2 atom stereocenters. The van der Waals surface area contributed by atoms with Crippen LogP contribution in [-0.2, 0) is 0 Å². The monoisotopic (exact) mass is 342 g/mol. The molecule has 2 nitrogen and oxygen atoms in total. The maximum atomic E-state index is 13.1. The van der Waals surface area contributed by atoms with Gasteiger partial charge in [-0.3, -0.25) is 0 Å². The van der Waals surface area contributed by atoms with Crippen LogP contribution in [0.25, 0.3) is 0 Å². The van der Waals surface area contributed by atoms with E-state index in [0.717, 1.165) is 16.6 Å². The third-order valence-electron chi connectivity index (χ3n) is 3.94. The van der Waals surface area contributed by atoms with Crippen molar-refractivity contribution in [3.63, 3.8) is 0 Å². The Morgan fingerprint density at radius 2 is 1.95 bits per heavy atom. The van der Waals surface area contributed by atoms with E-state index in [0.29, 0.717) is 6.04 Å². The molecule has 0 spiro atoms. The van der Waals surface area contributed by atoms with E-state index in [1.54, 1.807) is 0 Å². The van der Waals surface area contributed by atoms with Crippen LogP contribution in [0.1, 0.15) is 44.7 Å². The fourth-order valence-corrected chi connectivity index (χ4v) is 3.65. The fourth-order valence-electron chi connectivity index (χ4n) is 2.95. The summed E-state index contributed by atoms with van der Waals surface area (Å²) in [6.07, 6.45) is 4.02. The highest BCUT2D eigenvalue weighted by Gasteiger charge is 2.16. The largest absolute Gasteiger partial charge is 0.306 e. The molecule has 4 heteroatoms. The minimum absolute atomic E-state index is 0.200. The Balaban J connectivity index is 1.87. The van der Waals surface area contributed by atoms with Gasteiger partial charge in [0.1, 0.15) is 5.82 Å². The Hall–Kier alpha value is -0.450. The van der Waals surface area contributed by atoms with E-state index >= 15 is 0 Å². The molecule has 0 bridgehead atoms. The van der Waals surface area contributed by atoms with Gasteiger partial charge in [-0.1, -0.05) is 28.4 Å². The Morgan fingerprint density at radius 3 is 2.60 bits per heavy atom. The van der Waals surface area contributed by atoms with E-state index in [9.17, 15) is 4.39 Å². The van der Waals surface area contributed by atoms with Gasteiger partial charge >= 0.3 is 0 Å². The van der Waals surface area contributed by atoms with E-state index in [1.807, 2.05) is 6.07 Å². The highest BCUT2D eigenvalue weighted by atomic mass is 79.9. The number of piperidine rings is 1. The highest BCUT2D eigenvalue weighted by molar-refractivity contribution is 9.10. The standard InChI is InChI=1S/C16H24BrFN2/c1-12(11-20-8-4-3-5-9-20)19-13(2)15-7-6-14(18)10-16(15)17/h6-7,10,12-13,19H,3-5,8-9,11H2,1-2H3. The van der Waals surface area contributed by atoms with Crippen LogP contribution in [0.3, 0.4) is 0 Å². The predicted octanol–water partition coefficient (Wildman–Crippen LogP) is 4.11. The smallest absolute Gasteiger partial charge is 0.124 e. The summed E-state index contributed by atoms with van der Waals surface area (Å²) in [6.45, 7) is 7.89. The molecule has 1 saturated heterocycles. The molecule has 0 amide bonds. The van der Waals surface area contributed by atoms with Crippen molar-refractivity contribution in [3.05, 3.63) is 34.1 Å². The number of hydrogen-bond donors (Lipinski definition) is 1. The lowest BCUT2D eigenvalue weighted by Crippen LogP contribution is -2.42. The zero-order chi connectivity index (χ0) is 14.5. The summed E-state index contributed by atoms with van der Waals surface area (Å²) < 4.78 is 14.0. The lowest BCUT2D eigenvalue weighted by atomic mass is 10.1. The first kappa shape index (κ1) is 15.9. The van der Waals surface area contributed by atoms with Crippen molar-refractivity contribution < 1.29 is 4.39 Å². The van der Waals surface area contributed by atoms with Crippen LogP contribution in [0.5, 0.6) is 0 Å². The molecular formula is C16H24BrFN2. The van der Waals surface area contributed by atoms with Gasteiger partial charge in [-0.05, 0) is 57.5 Å². The van der Waals surface area contributed by atoms with E-state index in [2.05, 4.69) is 40.0 Å². The minimum Gasteiger partial charge on any atom is -0.306 e. The average Bonchev–Trinajstić information content (AvgIpc) is 2.39. The van der Waals surface area contributed by atoms with Crippen molar-refractivity contribution in [3.8, 4) is 0 Å². The van der Waals surface area contributed by atoms with Gasteiger partial charge in [0.15, 0.2) is 0 Å². The molecule has 2 unspecified atom stereocenters. The number of likely N-dealkylation sites (tertiary alicyclic amines) is 1. The molecule has 1 aromatic rings. The first-order valence-corrected chi connectivity index (χ1v) is 8.29. The van der Waals surface area contributed by atoms with Gasteiger partial charge in [0.05, 0.1) is 0 Å². The highest BCUT2D eigenvalue weighted by Crippen LogP contribution is 2.24. The van der Waals surface area contributed by atoms with E-state index in [1.165, 1.54) is 44.5 Å². The minimum atomic E-state index is -0.200. The number of halogens is 2. The second kappa shape index (κ2) is 7.53. The van der Waals surface area contributed by atoms with Crippen molar-refractivity contribution >= 4 is 15.9 Å². The van der Waals surface area contributed by atoms with Gasteiger partial charge in [0, 0.05) is 23.1 Å². The molecular weight excluding hydrogens is 319 g/mol. The number of benzene rings is 1. The topological polar surface area (TPSA) is 15.3 Å².